The zero-order chi connectivity index (χ0) is 8.69. The third-order valence-electron chi connectivity index (χ3n) is 0.775. The Bertz CT molecular complexity index is 152. The molecule has 0 atom stereocenters. The maximum absolute atomic E-state index is 10.5. The third kappa shape index (κ3) is 7.33. The van der Waals surface area contributed by atoms with Crippen LogP contribution in [0.3, 0.4) is 0 Å². The van der Waals surface area contributed by atoms with E-state index in [2.05, 4.69) is 11.3 Å². The fraction of sp³-hybridized carbons (Fsp3) is 0.500. The molecule has 5 nitrogen and oxygen atoms in total. The Kier molecular flexibility index (Phi) is 9.56. The predicted octanol–water partition coefficient (Wildman–Crippen LogP) is -0.643. The van der Waals surface area contributed by atoms with Crippen LogP contribution in [-0.2, 0) is 14.3 Å². The highest BCUT2D eigenvalue weighted by Gasteiger charge is 2.01. The van der Waals surface area contributed by atoms with Gasteiger partial charge in [0, 0.05) is 6.54 Å². The van der Waals surface area contributed by atoms with Crippen molar-refractivity contribution in [1.29, 1.82) is 0 Å². The van der Waals surface area contributed by atoms with Crippen molar-refractivity contribution in [3.63, 3.8) is 0 Å². The number of halogens is 1. The number of ether oxygens (including phenoxy) is 2. The topological polar surface area (TPSA) is 87.6 Å². The first kappa shape index (κ1) is 13.8. The summed E-state index contributed by atoms with van der Waals surface area (Å²) in [5, 5.41) is 0. The summed E-state index contributed by atoms with van der Waals surface area (Å²) in [5.41, 5.74) is 10.1. The first-order valence-corrected chi connectivity index (χ1v) is 3.13. The van der Waals surface area contributed by atoms with Crippen molar-refractivity contribution in [2.75, 3.05) is 19.7 Å². The van der Waals surface area contributed by atoms with Crippen molar-refractivity contribution in [2.24, 2.45) is 11.5 Å². The van der Waals surface area contributed by atoms with Crippen molar-refractivity contribution in [3.8, 4) is 0 Å². The van der Waals surface area contributed by atoms with E-state index in [-0.39, 0.29) is 31.5 Å². The molecule has 0 aromatic heterocycles. The molecule has 0 bridgehead atoms. The van der Waals surface area contributed by atoms with Gasteiger partial charge in [0.25, 0.3) is 5.95 Å². The average Bonchev–Trinajstić information content (AvgIpc) is 2.00. The van der Waals surface area contributed by atoms with E-state index in [0.29, 0.717) is 6.54 Å². The minimum absolute atomic E-state index is 0. The molecule has 0 saturated carbocycles. The molecular weight excluding hydrogens is 184 g/mol. The molecule has 0 aliphatic rings. The zero-order valence-electron chi connectivity index (χ0n) is 6.62. The van der Waals surface area contributed by atoms with E-state index >= 15 is 0 Å². The van der Waals surface area contributed by atoms with Gasteiger partial charge in [-0.2, -0.15) is 0 Å². The normalized spacial score (nSPS) is 8.17. The Morgan fingerprint density at radius 3 is 2.42 bits per heavy atom. The van der Waals surface area contributed by atoms with Crippen LogP contribution in [0.4, 0.5) is 0 Å². The number of rotatable bonds is 5. The molecule has 72 valence electrons. The van der Waals surface area contributed by atoms with Crippen molar-refractivity contribution in [1.82, 2.24) is 0 Å². The molecule has 0 fully saturated rings. The molecule has 4 N–H and O–H groups in total. The van der Waals surface area contributed by atoms with E-state index in [1.54, 1.807) is 0 Å². The van der Waals surface area contributed by atoms with Crippen LogP contribution in [0.15, 0.2) is 12.5 Å². The minimum atomic E-state index is -0.577. The fourth-order valence-corrected chi connectivity index (χ4v) is 0.371. The molecule has 6 heteroatoms. The molecule has 0 aliphatic heterocycles. The molecule has 0 aromatic rings. The van der Waals surface area contributed by atoms with Crippen LogP contribution in [0.2, 0.25) is 0 Å². The number of carbonyl (C=O) groups is 1. The van der Waals surface area contributed by atoms with Crippen LogP contribution in [0.1, 0.15) is 0 Å². The molecule has 12 heavy (non-hydrogen) atoms. The van der Waals surface area contributed by atoms with E-state index in [4.69, 9.17) is 16.2 Å². The second kappa shape index (κ2) is 8.32. The van der Waals surface area contributed by atoms with Gasteiger partial charge in [-0.15, -0.1) is 12.4 Å². The van der Waals surface area contributed by atoms with Gasteiger partial charge in [-0.1, -0.05) is 0 Å². The molecule has 0 rings (SSSR count). The van der Waals surface area contributed by atoms with Gasteiger partial charge in [0.1, 0.15) is 6.61 Å². The summed E-state index contributed by atoms with van der Waals surface area (Å²) >= 11 is 0. The smallest absolute Gasteiger partial charge is 0.327 e. The SMILES string of the molecule is C=C(OCCN)OC(=O)CN.Cl. The van der Waals surface area contributed by atoms with Gasteiger partial charge in [0.2, 0.25) is 0 Å². The molecule has 0 unspecified atom stereocenters. The molecule has 0 radical (unpaired) electrons. The first-order valence-electron chi connectivity index (χ1n) is 3.13. The lowest BCUT2D eigenvalue weighted by molar-refractivity contribution is -0.143. The Balaban J connectivity index is 0. The number of nitrogens with two attached hydrogens (primary N) is 2. The number of carbonyl (C=O) groups excluding carboxylic acids is 1. The highest BCUT2D eigenvalue weighted by Crippen LogP contribution is 1.94. The zero-order valence-corrected chi connectivity index (χ0v) is 7.43. The molecule has 0 aliphatic carbocycles. The summed E-state index contributed by atoms with van der Waals surface area (Å²) < 4.78 is 9.21. The van der Waals surface area contributed by atoms with Crippen molar-refractivity contribution in [3.05, 3.63) is 12.5 Å². The second-order valence-corrected chi connectivity index (χ2v) is 1.69. The highest BCUT2D eigenvalue weighted by atomic mass is 35.5. The number of hydrogen-bond donors (Lipinski definition) is 2. The summed E-state index contributed by atoms with van der Waals surface area (Å²) in [6.07, 6.45) is 0. The summed E-state index contributed by atoms with van der Waals surface area (Å²) in [6.45, 7) is 3.74. The minimum Gasteiger partial charge on any atom is -0.464 e. The van der Waals surface area contributed by atoms with Crippen molar-refractivity contribution >= 4 is 18.4 Å². The van der Waals surface area contributed by atoms with Gasteiger partial charge in [0.15, 0.2) is 0 Å². The summed E-state index contributed by atoms with van der Waals surface area (Å²) in [7, 11) is 0. The van der Waals surface area contributed by atoms with Gasteiger partial charge >= 0.3 is 5.97 Å². The van der Waals surface area contributed by atoms with Crippen LogP contribution >= 0.6 is 12.4 Å². The summed E-state index contributed by atoms with van der Waals surface area (Å²) in [4.78, 5) is 10.5. The monoisotopic (exact) mass is 196 g/mol. The van der Waals surface area contributed by atoms with Gasteiger partial charge in [-0.05, 0) is 6.58 Å². The Morgan fingerprint density at radius 2 is 2.00 bits per heavy atom. The highest BCUT2D eigenvalue weighted by molar-refractivity contribution is 5.85. The van der Waals surface area contributed by atoms with Gasteiger partial charge in [-0.3, -0.25) is 4.79 Å². The molecule has 0 heterocycles. The predicted molar refractivity (Wildman–Crippen MR) is 46.5 cm³/mol. The average molecular weight is 197 g/mol. The lowest BCUT2D eigenvalue weighted by Gasteiger charge is -2.06. The van der Waals surface area contributed by atoms with Crippen LogP contribution in [-0.4, -0.2) is 25.7 Å². The maximum Gasteiger partial charge on any atom is 0.327 e. The van der Waals surface area contributed by atoms with E-state index in [1.165, 1.54) is 0 Å². The number of hydrogen-bond acceptors (Lipinski definition) is 5. The lowest BCUT2D eigenvalue weighted by Crippen LogP contribution is -2.18. The largest absolute Gasteiger partial charge is 0.464 e. The van der Waals surface area contributed by atoms with Gasteiger partial charge < -0.3 is 20.9 Å². The van der Waals surface area contributed by atoms with Crippen LogP contribution in [0.25, 0.3) is 0 Å². The van der Waals surface area contributed by atoms with E-state index in [0.717, 1.165) is 0 Å². The molecule has 0 aromatic carbocycles. The van der Waals surface area contributed by atoms with Crippen LogP contribution in [0.5, 0.6) is 0 Å². The summed E-state index contributed by atoms with van der Waals surface area (Å²) in [5.74, 6) is -0.641. The second-order valence-electron chi connectivity index (χ2n) is 1.69. The van der Waals surface area contributed by atoms with Crippen LogP contribution in [0, 0.1) is 0 Å². The van der Waals surface area contributed by atoms with Crippen molar-refractivity contribution < 1.29 is 14.3 Å². The summed E-state index contributed by atoms with van der Waals surface area (Å²) in [6, 6.07) is 0. The fourth-order valence-electron chi connectivity index (χ4n) is 0.371. The Labute approximate surface area is 77.1 Å². The van der Waals surface area contributed by atoms with E-state index in [9.17, 15) is 4.79 Å². The Hall–Kier alpha value is -0.780. The maximum atomic E-state index is 10.5. The molecule has 0 spiro atoms. The first-order chi connectivity index (χ1) is 5.20. The number of esters is 1. The van der Waals surface area contributed by atoms with Gasteiger partial charge in [-0.25, -0.2) is 0 Å². The lowest BCUT2D eigenvalue weighted by atomic mass is 10.7. The third-order valence-corrected chi connectivity index (χ3v) is 0.775. The quantitative estimate of drug-likeness (QED) is 0.451. The molecule has 0 amide bonds. The van der Waals surface area contributed by atoms with E-state index in [1.807, 2.05) is 0 Å². The van der Waals surface area contributed by atoms with Gasteiger partial charge in [0.05, 0.1) is 6.54 Å². The standard InChI is InChI=1S/C6H12N2O3.ClH/c1-5(10-3-2-7)11-6(9)4-8;/h1-4,7-8H2;1H. The molecular formula is C6H13ClN2O3. The Morgan fingerprint density at radius 1 is 1.42 bits per heavy atom. The van der Waals surface area contributed by atoms with Crippen molar-refractivity contribution in [2.45, 2.75) is 0 Å². The molecule has 0 saturated heterocycles. The van der Waals surface area contributed by atoms with Crippen LogP contribution < -0.4 is 11.5 Å². The van der Waals surface area contributed by atoms with E-state index < -0.39 is 5.97 Å².